The van der Waals surface area contributed by atoms with Gasteiger partial charge in [0, 0.05) is 31.8 Å². The standard InChI is InChI=1S/C18H21N3O4/c1-13-16(23-12-20-13)17(22)21-8-5-18(6-9-21)10-14(11-24-18)25-15-4-2-3-7-19-15/h2-4,7,12,14H,5-6,8-11H2,1H3/t14-/m1/s1. The van der Waals surface area contributed by atoms with Gasteiger partial charge in [-0.3, -0.25) is 4.79 Å². The summed E-state index contributed by atoms with van der Waals surface area (Å²) in [4.78, 5) is 22.5. The van der Waals surface area contributed by atoms with E-state index in [-0.39, 0.29) is 17.6 Å². The lowest BCUT2D eigenvalue weighted by Crippen LogP contribution is -2.46. The SMILES string of the molecule is Cc1ncoc1C(=O)N1CCC2(CC1)C[C@@H](Oc1ccccn1)CO2. The van der Waals surface area contributed by atoms with Gasteiger partial charge in [0.15, 0.2) is 6.39 Å². The largest absolute Gasteiger partial charge is 0.472 e. The lowest BCUT2D eigenvalue weighted by molar-refractivity contribution is -0.0400. The number of rotatable bonds is 3. The zero-order valence-electron chi connectivity index (χ0n) is 14.2. The molecule has 2 aromatic heterocycles. The van der Waals surface area contributed by atoms with Gasteiger partial charge < -0.3 is 18.8 Å². The molecule has 2 fully saturated rings. The van der Waals surface area contributed by atoms with Crippen molar-refractivity contribution >= 4 is 5.91 Å². The maximum Gasteiger partial charge on any atom is 0.291 e. The summed E-state index contributed by atoms with van der Waals surface area (Å²) in [6.45, 7) is 3.64. The number of hydrogen-bond donors (Lipinski definition) is 0. The molecule has 2 aliphatic heterocycles. The Morgan fingerprint density at radius 1 is 1.32 bits per heavy atom. The summed E-state index contributed by atoms with van der Waals surface area (Å²) in [6, 6.07) is 5.62. The molecule has 0 aliphatic carbocycles. The third-order valence-electron chi connectivity index (χ3n) is 5.00. The fourth-order valence-electron chi connectivity index (χ4n) is 3.58. The molecule has 4 heterocycles. The average molecular weight is 343 g/mol. The predicted molar refractivity (Wildman–Crippen MR) is 88.3 cm³/mol. The number of aryl methyl sites for hydroxylation is 1. The highest BCUT2D eigenvalue weighted by atomic mass is 16.6. The number of carbonyl (C=O) groups is 1. The van der Waals surface area contributed by atoms with Crippen molar-refractivity contribution in [2.45, 2.75) is 37.9 Å². The van der Waals surface area contributed by atoms with E-state index in [0.717, 1.165) is 19.3 Å². The Balaban J connectivity index is 1.34. The van der Waals surface area contributed by atoms with Gasteiger partial charge >= 0.3 is 0 Å². The molecule has 4 rings (SSSR count). The fraction of sp³-hybridized carbons (Fsp3) is 0.500. The van der Waals surface area contributed by atoms with Crippen molar-refractivity contribution in [3.8, 4) is 5.88 Å². The van der Waals surface area contributed by atoms with Gasteiger partial charge in [0.1, 0.15) is 6.10 Å². The summed E-state index contributed by atoms with van der Waals surface area (Å²) >= 11 is 0. The molecule has 1 atom stereocenters. The summed E-state index contributed by atoms with van der Waals surface area (Å²) in [6.07, 6.45) is 5.47. The van der Waals surface area contributed by atoms with Crippen LogP contribution >= 0.6 is 0 Å². The number of hydrogen-bond acceptors (Lipinski definition) is 6. The van der Waals surface area contributed by atoms with Crippen molar-refractivity contribution in [1.82, 2.24) is 14.9 Å². The van der Waals surface area contributed by atoms with Crippen LogP contribution in [0.5, 0.6) is 5.88 Å². The van der Waals surface area contributed by atoms with Crippen molar-refractivity contribution in [3.63, 3.8) is 0 Å². The first-order valence-corrected chi connectivity index (χ1v) is 8.56. The summed E-state index contributed by atoms with van der Waals surface area (Å²) in [5, 5.41) is 0. The average Bonchev–Trinajstić information content (AvgIpc) is 3.23. The first kappa shape index (κ1) is 16.1. The smallest absolute Gasteiger partial charge is 0.291 e. The van der Waals surface area contributed by atoms with Crippen molar-refractivity contribution in [2.75, 3.05) is 19.7 Å². The summed E-state index contributed by atoms with van der Waals surface area (Å²) < 4.78 is 17.2. The van der Waals surface area contributed by atoms with Crippen LogP contribution in [0.4, 0.5) is 0 Å². The molecular formula is C18H21N3O4. The third-order valence-corrected chi connectivity index (χ3v) is 5.00. The van der Waals surface area contributed by atoms with Gasteiger partial charge in [-0.25, -0.2) is 9.97 Å². The fourth-order valence-corrected chi connectivity index (χ4v) is 3.58. The van der Waals surface area contributed by atoms with E-state index >= 15 is 0 Å². The molecule has 2 saturated heterocycles. The molecule has 0 N–H and O–H groups in total. The van der Waals surface area contributed by atoms with Crippen LogP contribution in [0.2, 0.25) is 0 Å². The molecule has 7 heteroatoms. The topological polar surface area (TPSA) is 77.7 Å². The Hall–Kier alpha value is -2.41. The first-order valence-electron chi connectivity index (χ1n) is 8.56. The molecule has 25 heavy (non-hydrogen) atoms. The quantitative estimate of drug-likeness (QED) is 0.850. The second kappa shape index (κ2) is 6.48. The maximum atomic E-state index is 12.5. The zero-order chi connectivity index (χ0) is 17.3. The molecule has 0 radical (unpaired) electrons. The summed E-state index contributed by atoms with van der Waals surface area (Å²) in [5.41, 5.74) is 0.429. The maximum absolute atomic E-state index is 12.5. The van der Waals surface area contributed by atoms with Crippen LogP contribution in [0.3, 0.4) is 0 Å². The van der Waals surface area contributed by atoms with E-state index in [1.54, 1.807) is 13.1 Å². The van der Waals surface area contributed by atoms with E-state index in [1.165, 1.54) is 6.39 Å². The minimum absolute atomic E-state index is 0.00803. The van der Waals surface area contributed by atoms with Gasteiger partial charge in [-0.1, -0.05) is 6.07 Å². The number of carbonyl (C=O) groups excluding carboxylic acids is 1. The number of ether oxygens (including phenoxy) is 2. The number of oxazole rings is 1. The van der Waals surface area contributed by atoms with Gasteiger partial charge in [0.05, 0.1) is 17.9 Å². The Bertz CT molecular complexity index is 738. The van der Waals surface area contributed by atoms with Crippen LogP contribution in [-0.2, 0) is 4.74 Å². The molecule has 0 aromatic carbocycles. The van der Waals surface area contributed by atoms with Gasteiger partial charge in [0.2, 0.25) is 11.6 Å². The van der Waals surface area contributed by atoms with Crippen LogP contribution < -0.4 is 4.74 Å². The van der Waals surface area contributed by atoms with E-state index < -0.39 is 0 Å². The second-order valence-electron chi connectivity index (χ2n) is 6.67. The van der Waals surface area contributed by atoms with Crippen LogP contribution in [0.1, 0.15) is 35.5 Å². The van der Waals surface area contributed by atoms with Crippen LogP contribution in [-0.4, -0.2) is 52.2 Å². The van der Waals surface area contributed by atoms with Gasteiger partial charge in [-0.05, 0) is 25.8 Å². The first-order chi connectivity index (χ1) is 12.2. The lowest BCUT2D eigenvalue weighted by atomic mass is 9.88. The minimum Gasteiger partial charge on any atom is -0.472 e. The number of amides is 1. The zero-order valence-corrected chi connectivity index (χ0v) is 14.2. The molecular weight excluding hydrogens is 322 g/mol. The molecule has 2 aromatic rings. The van der Waals surface area contributed by atoms with Crippen LogP contribution in [0, 0.1) is 6.92 Å². The predicted octanol–water partition coefficient (Wildman–Crippen LogP) is 2.22. The molecule has 1 spiro atoms. The number of piperidine rings is 1. The molecule has 7 nitrogen and oxygen atoms in total. The lowest BCUT2D eigenvalue weighted by Gasteiger charge is -2.38. The number of pyridine rings is 1. The van der Waals surface area contributed by atoms with Crippen molar-refractivity contribution in [3.05, 3.63) is 42.2 Å². The normalized spacial score (nSPS) is 22.3. The summed E-state index contributed by atoms with van der Waals surface area (Å²) in [5.74, 6) is 0.866. The number of likely N-dealkylation sites (tertiary alicyclic amines) is 1. The number of nitrogens with zero attached hydrogens (tertiary/aromatic N) is 3. The highest BCUT2D eigenvalue weighted by Gasteiger charge is 2.44. The highest BCUT2D eigenvalue weighted by Crippen LogP contribution is 2.37. The molecule has 0 saturated carbocycles. The summed E-state index contributed by atoms with van der Waals surface area (Å²) in [7, 11) is 0. The molecule has 0 bridgehead atoms. The molecule has 0 unspecified atom stereocenters. The van der Waals surface area contributed by atoms with Gasteiger partial charge in [-0.15, -0.1) is 0 Å². The Labute approximate surface area is 146 Å². The van der Waals surface area contributed by atoms with E-state index in [2.05, 4.69) is 9.97 Å². The van der Waals surface area contributed by atoms with Gasteiger partial charge in [-0.2, -0.15) is 0 Å². The second-order valence-corrected chi connectivity index (χ2v) is 6.67. The Kier molecular flexibility index (Phi) is 4.17. The third kappa shape index (κ3) is 3.24. The van der Waals surface area contributed by atoms with Crippen molar-refractivity contribution in [2.24, 2.45) is 0 Å². The monoisotopic (exact) mass is 343 g/mol. The van der Waals surface area contributed by atoms with E-state index in [4.69, 9.17) is 13.9 Å². The van der Waals surface area contributed by atoms with Gasteiger partial charge in [0.25, 0.3) is 5.91 Å². The van der Waals surface area contributed by atoms with E-state index in [0.29, 0.717) is 37.0 Å². The molecule has 1 amide bonds. The highest BCUT2D eigenvalue weighted by molar-refractivity contribution is 5.92. The Morgan fingerprint density at radius 3 is 2.84 bits per heavy atom. The molecule has 2 aliphatic rings. The van der Waals surface area contributed by atoms with Crippen molar-refractivity contribution < 1.29 is 18.7 Å². The van der Waals surface area contributed by atoms with Crippen LogP contribution in [0.25, 0.3) is 0 Å². The van der Waals surface area contributed by atoms with E-state index in [1.807, 2.05) is 23.1 Å². The van der Waals surface area contributed by atoms with Crippen LogP contribution in [0.15, 0.2) is 35.2 Å². The van der Waals surface area contributed by atoms with E-state index in [9.17, 15) is 4.79 Å². The van der Waals surface area contributed by atoms with Crippen molar-refractivity contribution in [1.29, 1.82) is 0 Å². The molecule has 132 valence electrons. The Morgan fingerprint density at radius 2 is 2.16 bits per heavy atom. The number of aromatic nitrogens is 2. The minimum atomic E-state index is -0.202.